The van der Waals surface area contributed by atoms with E-state index >= 15 is 0 Å². The molecule has 1 aliphatic carbocycles. The van der Waals surface area contributed by atoms with E-state index in [0.29, 0.717) is 24.5 Å². The largest absolute Gasteiger partial charge is 0.373 e. The molecule has 1 heterocycles. The minimum atomic E-state index is -0.642. The maximum absolute atomic E-state index is 12.5. The number of ether oxygens (including phenoxy) is 1. The van der Waals surface area contributed by atoms with Gasteiger partial charge in [-0.2, -0.15) is 4.89 Å². The zero-order chi connectivity index (χ0) is 20.9. The quantitative estimate of drug-likeness (QED) is 0.525. The van der Waals surface area contributed by atoms with Gasteiger partial charge in [-0.25, -0.2) is 4.79 Å². The number of carbonyl (C=O) groups excluding carboxylic acids is 2. The molecule has 0 unspecified atom stereocenters. The molecule has 6 nitrogen and oxygen atoms in total. The third-order valence-corrected chi connectivity index (χ3v) is 5.60. The van der Waals surface area contributed by atoms with Gasteiger partial charge in [0.25, 0.3) is 0 Å². The summed E-state index contributed by atoms with van der Waals surface area (Å²) in [6.07, 6.45) is 2.96. The highest BCUT2D eigenvalue weighted by Gasteiger charge is 2.30. The van der Waals surface area contributed by atoms with Gasteiger partial charge in [0.15, 0.2) is 0 Å². The van der Waals surface area contributed by atoms with Crippen molar-refractivity contribution in [1.82, 2.24) is 5.32 Å². The highest BCUT2D eigenvalue weighted by Crippen LogP contribution is 2.40. The molecule has 0 radical (unpaired) electrons. The lowest BCUT2D eigenvalue weighted by molar-refractivity contribution is -0.282. The van der Waals surface area contributed by atoms with Crippen molar-refractivity contribution >= 4 is 11.9 Å². The van der Waals surface area contributed by atoms with Crippen molar-refractivity contribution in [2.24, 2.45) is 0 Å². The number of amides is 1. The Kier molecular flexibility index (Phi) is 6.45. The van der Waals surface area contributed by atoms with Crippen molar-refractivity contribution in [3.63, 3.8) is 0 Å². The van der Waals surface area contributed by atoms with Crippen LogP contribution in [-0.2, 0) is 19.3 Å². The molecule has 2 aliphatic rings. The molecule has 2 fully saturated rings. The fourth-order valence-corrected chi connectivity index (χ4v) is 3.70. The molecule has 1 amide bonds. The summed E-state index contributed by atoms with van der Waals surface area (Å²) in [4.78, 5) is 35.6. The van der Waals surface area contributed by atoms with E-state index in [1.165, 1.54) is 18.4 Å². The molecule has 6 heteroatoms. The molecule has 0 aromatic heterocycles. The number of hydrogen-bond acceptors (Lipinski definition) is 5. The Balaban J connectivity index is 1.46. The van der Waals surface area contributed by atoms with Crippen LogP contribution in [0.2, 0.25) is 0 Å². The first kappa shape index (κ1) is 20.6. The van der Waals surface area contributed by atoms with Crippen LogP contribution in [0.3, 0.4) is 0 Å². The van der Waals surface area contributed by atoms with Gasteiger partial charge in [0, 0.05) is 6.61 Å². The summed E-state index contributed by atoms with van der Waals surface area (Å²) in [7, 11) is 0. The first-order valence-electron chi connectivity index (χ1n) is 10.6. The second-order valence-electron chi connectivity index (χ2n) is 7.99. The summed E-state index contributed by atoms with van der Waals surface area (Å²) >= 11 is 0. The van der Waals surface area contributed by atoms with E-state index in [1.54, 1.807) is 24.3 Å². The van der Waals surface area contributed by atoms with Crippen LogP contribution in [0, 0.1) is 0 Å². The highest BCUT2D eigenvalue weighted by molar-refractivity contribution is 5.88. The Morgan fingerprint density at radius 3 is 2.40 bits per heavy atom. The maximum Gasteiger partial charge on any atom is 0.373 e. The van der Waals surface area contributed by atoms with E-state index < -0.39 is 24.2 Å². The van der Waals surface area contributed by atoms with Crippen molar-refractivity contribution in [3.8, 4) is 0 Å². The lowest BCUT2D eigenvalue weighted by Gasteiger charge is -2.25. The monoisotopic (exact) mass is 409 g/mol. The van der Waals surface area contributed by atoms with Crippen molar-refractivity contribution in [3.05, 3.63) is 71.3 Å². The molecule has 0 bridgehead atoms. The topological polar surface area (TPSA) is 73.9 Å². The molecule has 30 heavy (non-hydrogen) atoms. The van der Waals surface area contributed by atoms with Gasteiger partial charge in [0.05, 0.1) is 11.6 Å². The lowest BCUT2D eigenvalue weighted by atomic mass is 10.0. The molecule has 2 aromatic rings. The summed E-state index contributed by atoms with van der Waals surface area (Å²) in [5.74, 6) is -0.101. The zero-order valence-electron chi connectivity index (χ0n) is 17.1. The van der Waals surface area contributed by atoms with Crippen LogP contribution in [0.25, 0.3) is 0 Å². The van der Waals surface area contributed by atoms with Gasteiger partial charge in [-0.1, -0.05) is 42.5 Å². The Morgan fingerprint density at radius 1 is 1.03 bits per heavy atom. The Bertz CT molecular complexity index is 857. The number of benzene rings is 2. The Morgan fingerprint density at radius 2 is 1.77 bits per heavy atom. The summed E-state index contributed by atoms with van der Waals surface area (Å²) < 4.78 is 5.47. The third kappa shape index (κ3) is 5.07. The number of nitrogens with one attached hydrogen (secondary N) is 1. The Hall–Kier alpha value is -2.70. The minimum Gasteiger partial charge on any atom is -0.368 e. The van der Waals surface area contributed by atoms with Crippen LogP contribution in [-0.4, -0.2) is 30.6 Å². The standard InChI is InChI=1S/C24H27NO5/c1-16(25-23(26)21-8-5-15-28-21)22(19-13-11-18(12-14-19)17-9-10-17)29-30-24(27)20-6-3-2-4-7-20/h2-4,6-7,11-14,16-17,21-22H,5,8-10,15H2,1H3,(H,25,26)/t16-,21+,22-/m0/s1. The molecule has 1 aliphatic heterocycles. The average Bonchev–Trinajstić information content (AvgIpc) is 3.48. The second kappa shape index (κ2) is 9.41. The molecule has 0 spiro atoms. The smallest absolute Gasteiger partial charge is 0.368 e. The zero-order valence-corrected chi connectivity index (χ0v) is 17.1. The summed E-state index contributed by atoms with van der Waals surface area (Å²) in [5.41, 5.74) is 2.53. The van der Waals surface area contributed by atoms with Crippen molar-refractivity contribution < 1.29 is 24.1 Å². The van der Waals surface area contributed by atoms with Gasteiger partial charge in [-0.3, -0.25) is 9.68 Å². The molecular formula is C24H27NO5. The molecule has 1 saturated carbocycles. The number of hydrogen-bond donors (Lipinski definition) is 1. The van der Waals surface area contributed by atoms with Crippen LogP contribution in [0.5, 0.6) is 0 Å². The summed E-state index contributed by atoms with van der Waals surface area (Å²) in [5, 5.41) is 2.95. The predicted molar refractivity (Wildman–Crippen MR) is 111 cm³/mol. The summed E-state index contributed by atoms with van der Waals surface area (Å²) in [6.45, 7) is 2.44. The van der Waals surface area contributed by atoms with E-state index in [-0.39, 0.29) is 5.91 Å². The van der Waals surface area contributed by atoms with Gasteiger partial charge in [0.1, 0.15) is 12.2 Å². The van der Waals surface area contributed by atoms with Crippen molar-refractivity contribution in [1.29, 1.82) is 0 Å². The van der Waals surface area contributed by atoms with Gasteiger partial charge in [0.2, 0.25) is 5.91 Å². The van der Waals surface area contributed by atoms with Gasteiger partial charge >= 0.3 is 5.97 Å². The number of rotatable bonds is 8. The average molecular weight is 409 g/mol. The van der Waals surface area contributed by atoms with Gasteiger partial charge in [-0.15, -0.1) is 0 Å². The van der Waals surface area contributed by atoms with Crippen LogP contribution in [0.1, 0.15) is 66.1 Å². The van der Waals surface area contributed by atoms with Crippen LogP contribution >= 0.6 is 0 Å². The first-order chi connectivity index (χ1) is 14.6. The second-order valence-corrected chi connectivity index (χ2v) is 7.99. The molecule has 1 saturated heterocycles. The molecule has 4 rings (SSSR count). The van der Waals surface area contributed by atoms with E-state index in [2.05, 4.69) is 17.4 Å². The van der Waals surface area contributed by atoms with Crippen LogP contribution in [0.15, 0.2) is 54.6 Å². The molecular weight excluding hydrogens is 382 g/mol. The SMILES string of the molecule is C[C@H](NC(=O)[C@H]1CCCO1)[C@H](OOC(=O)c1ccccc1)c1ccc(C2CC2)cc1. The first-order valence-corrected chi connectivity index (χ1v) is 10.6. The maximum atomic E-state index is 12.5. The van der Waals surface area contributed by atoms with Crippen LogP contribution < -0.4 is 5.32 Å². The van der Waals surface area contributed by atoms with Crippen molar-refractivity contribution in [2.45, 2.75) is 56.8 Å². The fraction of sp³-hybridized carbons (Fsp3) is 0.417. The molecule has 1 N–H and O–H groups in total. The van der Waals surface area contributed by atoms with Gasteiger partial charge < -0.3 is 10.1 Å². The number of carbonyl (C=O) groups is 2. The molecule has 3 atom stereocenters. The normalized spacial score (nSPS) is 20.4. The molecule has 2 aromatic carbocycles. The van der Waals surface area contributed by atoms with E-state index in [1.807, 2.05) is 25.1 Å². The minimum absolute atomic E-state index is 0.169. The highest BCUT2D eigenvalue weighted by atomic mass is 17.2. The van der Waals surface area contributed by atoms with Gasteiger partial charge in [-0.05, 0) is 61.8 Å². The van der Waals surface area contributed by atoms with Crippen molar-refractivity contribution in [2.75, 3.05) is 6.61 Å². The predicted octanol–water partition coefficient (Wildman–Crippen LogP) is 4.08. The Labute approximate surface area is 176 Å². The third-order valence-electron chi connectivity index (χ3n) is 5.60. The lowest BCUT2D eigenvalue weighted by Crippen LogP contribution is -2.43. The summed E-state index contributed by atoms with van der Waals surface area (Å²) in [6, 6.07) is 16.4. The van der Waals surface area contributed by atoms with E-state index in [0.717, 1.165) is 12.0 Å². The molecule has 158 valence electrons. The van der Waals surface area contributed by atoms with E-state index in [9.17, 15) is 9.59 Å². The van der Waals surface area contributed by atoms with Crippen LogP contribution in [0.4, 0.5) is 0 Å². The van der Waals surface area contributed by atoms with E-state index in [4.69, 9.17) is 14.5 Å². The fourth-order valence-electron chi connectivity index (χ4n) is 3.70.